The molecule has 0 radical (unpaired) electrons. The minimum absolute atomic E-state index is 0.330. The second-order valence-corrected chi connectivity index (χ2v) is 13.1. The average Bonchev–Trinajstić information content (AvgIpc) is 2.95. The zero-order valence-electron chi connectivity index (χ0n) is 28.0. The fraction of sp³-hybridized carbons (Fsp3) is 0.450. The number of fused-ring (bicyclic) bond motifs is 12. The third-order valence-corrected chi connectivity index (χ3v) is 8.86. The Bertz CT molecular complexity index is 1510. The molecule has 0 saturated heterocycles. The molecule has 0 amide bonds. The van der Waals surface area contributed by atoms with Gasteiger partial charge in [-0.05, 0) is 127 Å². The fourth-order valence-electron chi connectivity index (χ4n) is 6.27. The quantitative estimate of drug-likeness (QED) is 0.227. The van der Waals surface area contributed by atoms with Gasteiger partial charge in [-0.15, -0.1) is 0 Å². The molecular weight excluding hydrogens is 544 g/mol. The van der Waals surface area contributed by atoms with E-state index < -0.39 is 0 Å². The summed E-state index contributed by atoms with van der Waals surface area (Å²) in [7, 11) is 1.68. The van der Waals surface area contributed by atoms with E-state index in [9.17, 15) is 10.2 Å². The van der Waals surface area contributed by atoms with Crippen molar-refractivity contribution in [2.24, 2.45) is 0 Å². The van der Waals surface area contributed by atoms with Gasteiger partial charge in [0.25, 0.3) is 0 Å². The first-order valence-corrected chi connectivity index (χ1v) is 16.4. The Balaban J connectivity index is 0.000000202. The lowest BCUT2D eigenvalue weighted by molar-refractivity contribution is 0.105. The SMILES string of the molecule is CCCCCc1cc(O)c2c(c1)OC(C)(C)c1ccc(C)cc1-2.COc1cc2cc(O)c1C/C=C(\C)CC/C=C(\C)CCC2. The van der Waals surface area contributed by atoms with Crippen molar-refractivity contribution in [2.45, 2.75) is 111 Å². The van der Waals surface area contributed by atoms with E-state index in [2.05, 4.69) is 84.0 Å². The molecule has 2 aliphatic carbocycles. The third-order valence-electron chi connectivity index (χ3n) is 8.86. The van der Waals surface area contributed by atoms with E-state index in [1.54, 1.807) is 7.11 Å². The van der Waals surface area contributed by atoms with E-state index >= 15 is 0 Å². The maximum Gasteiger partial charge on any atom is 0.132 e. The van der Waals surface area contributed by atoms with Gasteiger partial charge in [-0.3, -0.25) is 0 Å². The summed E-state index contributed by atoms with van der Waals surface area (Å²) in [6.45, 7) is 12.8. The van der Waals surface area contributed by atoms with Crippen LogP contribution in [-0.4, -0.2) is 17.3 Å². The molecule has 3 aromatic carbocycles. The van der Waals surface area contributed by atoms with Crippen LogP contribution in [0.5, 0.6) is 23.0 Å². The Kier molecular flexibility index (Phi) is 11.2. The van der Waals surface area contributed by atoms with E-state index in [1.807, 2.05) is 12.1 Å². The first kappa shape index (κ1) is 33.2. The van der Waals surface area contributed by atoms with Gasteiger partial charge in [0.1, 0.15) is 28.6 Å². The molecule has 2 bridgehead atoms. The second kappa shape index (κ2) is 14.9. The van der Waals surface area contributed by atoms with E-state index in [0.29, 0.717) is 11.5 Å². The molecule has 0 spiro atoms. The summed E-state index contributed by atoms with van der Waals surface area (Å²) in [4.78, 5) is 0. The molecule has 0 fully saturated rings. The first-order chi connectivity index (χ1) is 21.0. The van der Waals surface area contributed by atoms with Gasteiger partial charge in [0, 0.05) is 11.1 Å². The van der Waals surface area contributed by atoms with Crippen molar-refractivity contribution in [3.8, 4) is 34.1 Å². The number of methoxy groups -OCH3 is 1. The number of rotatable bonds is 5. The number of ether oxygens (including phenoxy) is 2. The van der Waals surface area contributed by atoms with Gasteiger partial charge >= 0.3 is 0 Å². The summed E-state index contributed by atoms with van der Waals surface area (Å²) >= 11 is 0. The van der Waals surface area contributed by atoms with Crippen LogP contribution in [0.15, 0.2) is 65.8 Å². The minimum Gasteiger partial charge on any atom is -0.508 e. The normalized spacial score (nSPS) is 18.2. The molecule has 4 heteroatoms. The number of phenols is 2. The number of aryl methyl sites for hydroxylation is 3. The van der Waals surface area contributed by atoms with Gasteiger partial charge in [-0.25, -0.2) is 0 Å². The van der Waals surface area contributed by atoms with Crippen LogP contribution in [-0.2, 0) is 24.9 Å². The molecule has 0 saturated carbocycles. The van der Waals surface area contributed by atoms with E-state index in [4.69, 9.17) is 9.47 Å². The fourth-order valence-corrected chi connectivity index (χ4v) is 6.27. The second-order valence-electron chi connectivity index (χ2n) is 13.1. The molecule has 44 heavy (non-hydrogen) atoms. The highest BCUT2D eigenvalue weighted by molar-refractivity contribution is 5.82. The number of aromatic hydroxyl groups is 2. The summed E-state index contributed by atoms with van der Waals surface area (Å²) in [5.41, 5.74) is 9.89. The number of hydrogen-bond donors (Lipinski definition) is 2. The average molecular weight is 597 g/mol. The van der Waals surface area contributed by atoms with Crippen LogP contribution < -0.4 is 9.47 Å². The van der Waals surface area contributed by atoms with Crippen LogP contribution in [0.1, 0.15) is 107 Å². The Morgan fingerprint density at radius 2 is 1.64 bits per heavy atom. The molecule has 3 aromatic rings. The van der Waals surface area contributed by atoms with Crippen LogP contribution in [0.4, 0.5) is 0 Å². The van der Waals surface area contributed by atoms with Crippen molar-refractivity contribution in [3.63, 3.8) is 0 Å². The number of phenolic OH excluding ortho intramolecular Hbond substituents is 2. The third kappa shape index (κ3) is 8.28. The maximum atomic E-state index is 10.6. The monoisotopic (exact) mass is 596 g/mol. The van der Waals surface area contributed by atoms with Crippen LogP contribution in [0.3, 0.4) is 0 Å². The van der Waals surface area contributed by atoms with Crippen molar-refractivity contribution in [3.05, 3.63) is 93.6 Å². The lowest BCUT2D eigenvalue weighted by atomic mass is 9.84. The van der Waals surface area contributed by atoms with Crippen LogP contribution in [0.2, 0.25) is 0 Å². The Morgan fingerprint density at radius 3 is 2.39 bits per heavy atom. The number of hydrogen-bond acceptors (Lipinski definition) is 4. The number of unbranched alkanes of at least 4 members (excludes halogenated alkanes) is 2. The van der Waals surface area contributed by atoms with Crippen molar-refractivity contribution in [1.82, 2.24) is 0 Å². The largest absolute Gasteiger partial charge is 0.508 e. The Labute approximate surface area is 265 Å². The van der Waals surface area contributed by atoms with Crippen LogP contribution >= 0.6 is 0 Å². The number of allylic oxidation sites excluding steroid dienone is 4. The number of benzene rings is 3. The van der Waals surface area contributed by atoms with Crippen molar-refractivity contribution < 1.29 is 19.7 Å². The zero-order chi connectivity index (χ0) is 31.9. The highest BCUT2D eigenvalue weighted by Gasteiger charge is 2.34. The Hall–Kier alpha value is -3.66. The lowest BCUT2D eigenvalue weighted by Gasteiger charge is -2.35. The van der Waals surface area contributed by atoms with Gasteiger partial charge in [-0.1, -0.05) is 66.8 Å². The molecule has 2 N–H and O–H groups in total. The van der Waals surface area contributed by atoms with E-state index in [1.165, 1.54) is 29.6 Å². The van der Waals surface area contributed by atoms with Crippen LogP contribution in [0, 0.1) is 6.92 Å². The summed E-state index contributed by atoms with van der Waals surface area (Å²) in [6.07, 6.45) is 15.2. The van der Waals surface area contributed by atoms with Crippen LogP contribution in [0.25, 0.3) is 11.1 Å². The zero-order valence-corrected chi connectivity index (χ0v) is 28.0. The van der Waals surface area contributed by atoms with Gasteiger partial charge < -0.3 is 19.7 Å². The predicted octanol–water partition coefficient (Wildman–Crippen LogP) is 10.7. The molecule has 0 unspecified atom stereocenters. The molecule has 0 aromatic heterocycles. The molecule has 4 nitrogen and oxygen atoms in total. The molecule has 1 heterocycles. The summed E-state index contributed by atoms with van der Waals surface area (Å²) < 4.78 is 11.7. The summed E-state index contributed by atoms with van der Waals surface area (Å²) in [5.74, 6) is 2.30. The summed E-state index contributed by atoms with van der Waals surface area (Å²) in [6, 6.07) is 14.3. The van der Waals surface area contributed by atoms with Gasteiger partial charge in [0.15, 0.2) is 0 Å². The topological polar surface area (TPSA) is 58.9 Å². The minimum atomic E-state index is -0.384. The van der Waals surface area contributed by atoms with Crippen molar-refractivity contribution in [2.75, 3.05) is 7.11 Å². The van der Waals surface area contributed by atoms with Crippen molar-refractivity contribution in [1.29, 1.82) is 0 Å². The van der Waals surface area contributed by atoms with Gasteiger partial charge in [0.2, 0.25) is 0 Å². The highest BCUT2D eigenvalue weighted by Crippen LogP contribution is 2.49. The highest BCUT2D eigenvalue weighted by atomic mass is 16.5. The van der Waals surface area contributed by atoms with E-state index in [0.717, 1.165) is 96.2 Å². The van der Waals surface area contributed by atoms with Crippen molar-refractivity contribution >= 4 is 0 Å². The molecule has 1 aliphatic heterocycles. The molecule has 0 atom stereocenters. The van der Waals surface area contributed by atoms with Gasteiger partial charge in [-0.2, -0.15) is 0 Å². The first-order valence-electron chi connectivity index (χ1n) is 16.4. The molecule has 3 aliphatic rings. The smallest absolute Gasteiger partial charge is 0.132 e. The predicted molar refractivity (Wildman–Crippen MR) is 183 cm³/mol. The maximum absolute atomic E-state index is 10.6. The molecule has 6 rings (SSSR count). The Morgan fingerprint density at radius 1 is 0.864 bits per heavy atom. The van der Waals surface area contributed by atoms with E-state index in [-0.39, 0.29) is 5.60 Å². The lowest BCUT2D eigenvalue weighted by Crippen LogP contribution is -2.29. The standard InChI is InChI=1S/C21H26O2.C19H26O2/c1-5-6-7-8-15-12-18(22)20-16-11-14(2)9-10-17(16)21(3,4)23-19(20)13-15;1-14-6-4-7-15(2)10-11-17-18(20)12-16(9-5-8-14)13-19(17)21-3/h9-13,22H,5-8H2,1-4H3;6,10,12-13,20H,4-5,7-9,11H2,1-3H3/b;14-6+,15-10+. The van der Waals surface area contributed by atoms with Gasteiger partial charge in [0.05, 0.1) is 12.7 Å². The molecular formula is C40H52O4. The molecule has 236 valence electrons. The summed E-state index contributed by atoms with van der Waals surface area (Å²) in [5, 5.41) is 20.9.